The van der Waals surface area contributed by atoms with Crippen LogP contribution >= 0.6 is 0 Å². The van der Waals surface area contributed by atoms with Gasteiger partial charge in [-0.25, -0.2) is 22.6 Å². The zero-order chi connectivity index (χ0) is 26.9. The third-order valence-corrected chi connectivity index (χ3v) is 8.67. The number of hydrogen-bond donors (Lipinski definition) is 1. The highest BCUT2D eigenvalue weighted by Gasteiger charge is 2.29. The van der Waals surface area contributed by atoms with E-state index in [1.54, 1.807) is 27.1 Å². The van der Waals surface area contributed by atoms with Gasteiger partial charge < -0.3 is 14.6 Å². The van der Waals surface area contributed by atoms with E-state index in [0.29, 0.717) is 73.3 Å². The molecule has 1 aromatic carbocycles. The summed E-state index contributed by atoms with van der Waals surface area (Å²) in [5, 5.41) is 8.02. The minimum atomic E-state index is -3.72. The van der Waals surface area contributed by atoms with Crippen LogP contribution in [0.5, 0.6) is 5.75 Å². The number of aryl methyl sites for hydroxylation is 1. The highest BCUT2D eigenvalue weighted by molar-refractivity contribution is 7.89. The Morgan fingerprint density at radius 2 is 1.76 bits per heavy atom. The number of nitrogens with zero attached hydrogens (tertiary/aromatic N) is 7. The van der Waals surface area contributed by atoms with Crippen molar-refractivity contribution in [3.05, 3.63) is 35.0 Å². The number of ether oxygens (including phenoxy) is 1. The number of piperazine rings is 1. The van der Waals surface area contributed by atoms with Gasteiger partial charge in [-0.05, 0) is 44.0 Å². The number of rotatable bonds is 10. The average molecular weight is 543 g/mol. The molecule has 1 aliphatic heterocycles. The second-order valence-corrected chi connectivity index (χ2v) is 11.4. The van der Waals surface area contributed by atoms with E-state index in [2.05, 4.69) is 27.0 Å². The molecule has 12 nitrogen and oxygen atoms in total. The molecule has 4 heterocycles. The van der Waals surface area contributed by atoms with Crippen LogP contribution in [0.25, 0.3) is 28.2 Å². The third kappa shape index (κ3) is 4.69. The summed E-state index contributed by atoms with van der Waals surface area (Å²) in [6, 6.07) is 4.89. The maximum atomic E-state index is 13.6. The largest absolute Gasteiger partial charge is 0.493 e. The Hall–Kier alpha value is -3.29. The van der Waals surface area contributed by atoms with Crippen molar-refractivity contribution >= 4 is 26.8 Å². The number of H-pyrrole nitrogens is 1. The molecule has 38 heavy (non-hydrogen) atoms. The van der Waals surface area contributed by atoms with Gasteiger partial charge in [0.25, 0.3) is 0 Å². The first-order chi connectivity index (χ1) is 18.4. The maximum absolute atomic E-state index is 13.6. The van der Waals surface area contributed by atoms with Crippen LogP contribution in [0.15, 0.2) is 34.2 Å². The smallest absolute Gasteiger partial charge is 0.336 e. The van der Waals surface area contributed by atoms with Crippen molar-refractivity contribution in [2.75, 3.05) is 39.3 Å². The maximum Gasteiger partial charge on any atom is 0.336 e. The van der Waals surface area contributed by atoms with Gasteiger partial charge >= 0.3 is 5.69 Å². The number of nitrogens with one attached hydrogen (secondary N) is 1. The van der Waals surface area contributed by atoms with Crippen molar-refractivity contribution in [1.29, 1.82) is 0 Å². The molecule has 5 rings (SSSR count). The summed E-state index contributed by atoms with van der Waals surface area (Å²) in [4.78, 5) is 23.5. The quantitative estimate of drug-likeness (QED) is 0.323. The van der Waals surface area contributed by atoms with E-state index in [4.69, 9.17) is 9.72 Å². The number of sulfonamides is 1. The van der Waals surface area contributed by atoms with Crippen LogP contribution < -0.4 is 10.4 Å². The first-order valence-electron chi connectivity index (χ1n) is 13.2. The van der Waals surface area contributed by atoms with Gasteiger partial charge in [0.05, 0.1) is 17.1 Å². The summed E-state index contributed by atoms with van der Waals surface area (Å²) >= 11 is 0. The zero-order valence-corrected chi connectivity index (χ0v) is 22.9. The van der Waals surface area contributed by atoms with Gasteiger partial charge in [0.1, 0.15) is 23.4 Å². The Balaban J connectivity index is 1.61. The molecule has 1 saturated heterocycles. The van der Waals surface area contributed by atoms with E-state index in [1.165, 1.54) is 10.7 Å². The molecular formula is C25H34N8O4S. The van der Waals surface area contributed by atoms with E-state index in [1.807, 2.05) is 13.8 Å². The van der Waals surface area contributed by atoms with Crippen LogP contribution in [0.1, 0.15) is 40.0 Å². The number of hydrogen-bond acceptors (Lipinski definition) is 8. The molecule has 0 radical (unpaired) electrons. The summed E-state index contributed by atoms with van der Waals surface area (Å²) in [6.45, 7) is 10.3. The minimum Gasteiger partial charge on any atom is -0.493 e. The lowest BCUT2D eigenvalue weighted by Crippen LogP contribution is -2.48. The number of aromatic nitrogens is 6. The van der Waals surface area contributed by atoms with Crippen molar-refractivity contribution < 1.29 is 13.2 Å². The Morgan fingerprint density at radius 3 is 2.47 bits per heavy atom. The molecule has 0 saturated carbocycles. The minimum absolute atomic E-state index is 0.180. The molecule has 1 N–H and O–H groups in total. The standard InChI is InChI=1S/C25H34N8O4S/c1-4-9-30-11-13-31(14-12-30)38(35,36)18-7-8-20(37-15-6-3)19(16-18)22-27-21-23(28-22)32(10-5-2)25(34)33-17-26-29-24(21)33/h7-8,16-17H,4-6,9-15H2,1-3H3,(H,27,28). The van der Waals surface area contributed by atoms with Crippen molar-refractivity contribution in [3.8, 4) is 17.1 Å². The summed E-state index contributed by atoms with van der Waals surface area (Å²) in [5.74, 6) is 0.913. The van der Waals surface area contributed by atoms with Crippen molar-refractivity contribution in [1.82, 2.24) is 38.3 Å². The summed E-state index contributed by atoms with van der Waals surface area (Å²) in [7, 11) is -3.72. The van der Waals surface area contributed by atoms with Gasteiger partial charge in [0.15, 0.2) is 11.3 Å². The Bertz CT molecular complexity index is 1600. The fourth-order valence-corrected chi connectivity index (χ4v) is 6.33. The average Bonchev–Trinajstić information content (AvgIpc) is 3.58. The number of benzene rings is 1. The lowest BCUT2D eigenvalue weighted by molar-refractivity contribution is 0.188. The molecule has 0 spiro atoms. The SMILES string of the molecule is CCCOc1ccc(S(=O)(=O)N2CCN(CCC)CC2)cc1-c1nc2c([nH]1)c1nncn1c(=O)n2CCC. The molecule has 4 aromatic rings. The van der Waals surface area contributed by atoms with Crippen molar-refractivity contribution in [3.63, 3.8) is 0 Å². The monoisotopic (exact) mass is 542 g/mol. The van der Waals surface area contributed by atoms with Gasteiger partial charge in [-0.1, -0.05) is 20.8 Å². The van der Waals surface area contributed by atoms with Gasteiger partial charge in [0.2, 0.25) is 10.0 Å². The molecule has 1 aliphatic rings. The predicted molar refractivity (Wildman–Crippen MR) is 144 cm³/mol. The van der Waals surface area contributed by atoms with Crippen molar-refractivity contribution in [2.24, 2.45) is 0 Å². The molecule has 0 amide bonds. The highest BCUT2D eigenvalue weighted by atomic mass is 32.2. The molecule has 3 aromatic heterocycles. The first-order valence-corrected chi connectivity index (χ1v) is 14.6. The van der Waals surface area contributed by atoms with Crippen LogP contribution in [0.3, 0.4) is 0 Å². The topological polar surface area (TPSA) is 131 Å². The second-order valence-electron chi connectivity index (χ2n) is 9.49. The van der Waals surface area contributed by atoms with Gasteiger partial charge in [-0.3, -0.25) is 4.57 Å². The van der Waals surface area contributed by atoms with E-state index >= 15 is 0 Å². The summed E-state index contributed by atoms with van der Waals surface area (Å²) in [6.07, 6.45) is 3.94. The van der Waals surface area contributed by atoms with Crippen molar-refractivity contribution in [2.45, 2.75) is 51.5 Å². The van der Waals surface area contributed by atoms with E-state index in [0.717, 1.165) is 25.8 Å². The number of aromatic amines is 1. The van der Waals surface area contributed by atoms with Crippen LogP contribution in [-0.2, 0) is 16.6 Å². The summed E-state index contributed by atoms with van der Waals surface area (Å²) in [5.41, 5.74) is 1.58. The van der Waals surface area contributed by atoms with Gasteiger partial charge in [-0.15, -0.1) is 10.2 Å². The molecular weight excluding hydrogens is 508 g/mol. The lowest BCUT2D eigenvalue weighted by Gasteiger charge is -2.33. The van der Waals surface area contributed by atoms with E-state index < -0.39 is 10.0 Å². The van der Waals surface area contributed by atoms with Crippen LogP contribution in [0, 0.1) is 0 Å². The molecule has 0 aliphatic carbocycles. The normalized spacial score (nSPS) is 15.6. The fraction of sp³-hybridized carbons (Fsp3) is 0.520. The van der Waals surface area contributed by atoms with Crippen LogP contribution in [-0.4, -0.2) is 86.1 Å². The fourth-order valence-electron chi connectivity index (χ4n) is 4.89. The molecule has 0 atom stereocenters. The highest BCUT2D eigenvalue weighted by Crippen LogP contribution is 2.33. The Morgan fingerprint density at radius 1 is 1.00 bits per heavy atom. The first kappa shape index (κ1) is 26.3. The number of fused-ring (bicyclic) bond motifs is 3. The van der Waals surface area contributed by atoms with Gasteiger partial charge in [0, 0.05) is 32.7 Å². The van der Waals surface area contributed by atoms with E-state index in [-0.39, 0.29) is 10.6 Å². The number of imidazole rings is 1. The van der Waals surface area contributed by atoms with Crippen LogP contribution in [0.2, 0.25) is 0 Å². The second kappa shape index (κ2) is 10.8. The van der Waals surface area contributed by atoms with E-state index in [9.17, 15) is 13.2 Å². The summed E-state index contributed by atoms with van der Waals surface area (Å²) < 4.78 is 37.7. The molecule has 204 valence electrons. The van der Waals surface area contributed by atoms with Crippen LogP contribution in [0.4, 0.5) is 0 Å². The Kier molecular flexibility index (Phi) is 7.50. The molecule has 1 fully saturated rings. The molecule has 0 bridgehead atoms. The lowest BCUT2D eigenvalue weighted by atomic mass is 10.2. The molecule has 0 unspecified atom stereocenters. The zero-order valence-electron chi connectivity index (χ0n) is 22.1. The van der Waals surface area contributed by atoms with Gasteiger partial charge in [-0.2, -0.15) is 4.31 Å². The molecule has 13 heteroatoms. The Labute approximate surface area is 221 Å². The predicted octanol–water partition coefficient (Wildman–Crippen LogP) is 2.35. The third-order valence-electron chi connectivity index (χ3n) is 6.77.